The van der Waals surface area contributed by atoms with E-state index in [0.717, 1.165) is 30.2 Å². The summed E-state index contributed by atoms with van der Waals surface area (Å²) < 4.78 is 0. The second kappa shape index (κ2) is 6.53. The lowest BCUT2D eigenvalue weighted by Crippen LogP contribution is -2.26. The van der Waals surface area contributed by atoms with Gasteiger partial charge in [0.05, 0.1) is 5.69 Å². The Morgan fingerprint density at radius 2 is 1.85 bits per heavy atom. The highest BCUT2D eigenvalue weighted by Gasteiger charge is 2.15. The lowest BCUT2D eigenvalue weighted by molar-refractivity contribution is 0.210. The van der Waals surface area contributed by atoms with Gasteiger partial charge >= 0.3 is 0 Å². The summed E-state index contributed by atoms with van der Waals surface area (Å²) in [5.74, 6) is 0. The highest BCUT2D eigenvalue weighted by atomic mass is 15.2. The third-order valence-electron chi connectivity index (χ3n) is 3.68. The van der Waals surface area contributed by atoms with Crippen LogP contribution in [0.2, 0.25) is 0 Å². The Morgan fingerprint density at radius 3 is 2.45 bits per heavy atom. The van der Waals surface area contributed by atoms with Crippen molar-refractivity contribution in [3.8, 4) is 0 Å². The Labute approximate surface area is 121 Å². The maximum Gasteiger partial charge on any atom is 0.0547 e. The first kappa shape index (κ1) is 14.5. The summed E-state index contributed by atoms with van der Waals surface area (Å²) in [5, 5.41) is 0. The van der Waals surface area contributed by atoms with Crippen LogP contribution >= 0.6 is 0 Å². The molecule has 2 aromatic rings. The molecule has 0 amide bonds. The molecule has 0 bridgehead atoms. The predicted molar refractivity (Wildman–Crippen MR) is 84.3 cm³/mol. The van der Waals surface area contributed by atoms with Crippen LogP contribution in [0.15, 0.2) is 42.5 Å². The zero-order valence-electron chi connectivity index (χ0n) is 12.5. The molecule has 20 heavy (non-hydrogen) atoms. The molecule has 3 nitrogen and oxygen atoms in total. The molecule has 0 fully saturated rings. The second-order valence-electron chi connectivity index (χ2n) is 5.18. The van der Waals surface area contributed by atoms with Crippen molar-refractivity contribution in [2.24, 2.45) is 0 Å². The van der Waals surface area contributed by atoms with Crippen LogP contribution in [0, 0.1) is 6.92 Å². The standard InChI is InChI=1S/C17H23N3/c1-4-20(12-17-7-5-6-13(2)19-17)14(3)15-8-10-16(18)11-9-15/h5-11,14H,4,12,18H2,1-3H3. The van der Waals surface area contributed by atoms with Crippen molar-refractivity contribution in [1.29, 1.82) is 0 Å². The van der Waals surface area contributed by atoms with Gasteiger partial charge in [-0.15, -0.1) is 0 Å². The van der Waals surface area contributed by atoms with Gasteiger partial charge in [0.25, 0.3) is 0 Å². The van der Waals surface area contributed by atoms with E-state index in [1.807, 2.05) is 25.1 Å². The number of aromatic nitrogens is 1. The summed E-state index contributed by atoms with van der Waals surface area (Å²) >= 11 is 0. The third kappa shape index (κ3) is 3.58. The molecule has 0 aliphatic heterocycles. The molecule has 1 atom stereocenters. The summed E-state index contributed by atoms with van der Waals surface area (Å²) in [6.45, 7) is 8.29. The van der Waals surface area contributed by atoms with Gasteiger partial charge in [-0.3, -0.25) is 9.88 Å². The number of benzene rings is 1. The van der Waals surface area contributed by atoms with Crippen molar-refractivity contribution in [2.75, 3.05) is 12.3 Å². The van der Waals surface area contributed by atoms with E-state index >= 15 is 0 Å². The minimum atomic E-state index is 0.350. The normalized spacial score (nSPS) is 12.6. The van der Waals surface area contributed by atoms with Crippen molar-refractivity contribution in [3.05, 3.63) is 59.4 Å². The van der Waals surface area contributed by atoms with E-state index < -0.39 is 0 Å². The van der Waals surface area contributed by atoms with Gasteiger partial charge < -0.3 is 5.73 Å². The Balaban J connectivity index is 2.13. The first-order valence-electron chi connectivity index (χ1n) is 7.12. The average molecular weight is 269 g/mol. The fourth-order valence-electron chi connectivity index (χ4n) is 2.40. The molecule has 1 unspecified atom stereocenters. The number of nitrogens with zero attached hydrogens (tertiary/aromatic N) is 2. The second-order valence-corrected chi connectivity index (χ2v) is 5.18. The van der Waals surface area contributed by atoms with E-state index in [1.165, 1.54) is 5.56 Å². The number of pyridine rings is 1. The Kier molecular flexibility index (Phi) is 4.74. The van der Waals surface area contributed by atoms with E-state index in [-0.39, 0.29) is 0 Å². The van der Waals surface area contributed by atoms with Crippen LogP contribution in [-0.2, 0) is 6.54 Å². The highest BCUT2D eigenvalue weighted by Crippen LogP contribution is 2.22. The highest BCUT2D eigenvalue weighted by molar-refractivity contribution is 5.40. The number of nitrogens with two attached hydrogens (primary N) is 1. The van der Waals surface area contributed by atoms with Crippen LogP contribution in [0.4, 0.5) is 5.69 Å². The average Bonchev–Trinajstić information content (AvgIpc) is 2.45. The fraction of sp³-hybridized carbons (Fsp3) is 0.353. The molecule has 0 saturated heterocycles. The maximum atomic E-state index is 5.75. The van der Waals surface area contributed by atoms with E-state index in [9.17, 15) is 0 Å². The molecule has 0 saturated carbocycles. The van der Waals surface area contributed by atoms with Gasteiger partial charge in [0.15, 0.2) is 0 Å². The smallest absolute Gasteiger partial charge is 0.0547 e. The maximum absolute atomic E-state index is 5.75. The fourth-order valence-corrected chi connectivity index (χ4v) is 2.40. The Morgan fingerprint density at radius 1 is 1.15 bits per heavy atom. The number of nitrogen functional groups attached to an aromatic ring is 1. The number of hydrogen-bond donors (Lipinski definition) is 1. The van der Waals surface area contributed by atoms with Crippen LogP contribution in [0.5, 0.6) is 0 Å². The molecule has 106 valence electrons. The van der Waals surface area contributed by atoms with Crippen molar-refractivity contribution in [3.63, 3.8) is 0 Å². The number of aryl methyl sites for hydroxylation is 1. The lowest BCUT2D eigenvalue weighted by Gasteiger charge is -2.28. The van der Waals surface area contributed by atoms with E-state index in [4.69, 9.17) is 5.73 Å². The van der Waals surface area contributed by atoms with Gasteiger partial charge in [-0.1, -0.05) is 25.1 Å². The van der Waals surface area contributed by atoms with Crippen LogP contribution in [-0.4, -0.2) is 16.4 Å². The summed E-state index contributed by atoms with van der Waals surface area (Å²) in [6.07, 6.45) is 0. The third-order valence-corrected chi connectivity index (χ3v) is 3.68. The topological polar surface area (TPSA) is 42.2 Å². The van der Waals surface area contributed by atoms with Gasteiger partial charge in [-0.2, -0.15) is 0 Å². The van der Waals surface area contributed by atoms with Crippen LogP contribution in [0.3, 0.4) is 0 Å². The first-order valence-corrected chi connectivity index (χ1v) is 7.12. The summed E-state index contributed by atoms with van der Waals surface area (Å²) in [5.41, 5.74) is 10.0. The molecule has 0 aliphatic rings. The molecular formula is C17H23N3. The minimum absolute atomic E-state index is 0.350. The molecule has 1 aromatic heterocycles. The molecule has 1 heterocycles. The number of rotatable bonds is 5. The Hall–Kier alpha value is -1.87. The van der Waals surface area contributed by atoms with Crippen LogP contribution < -0.4 is 5.73 Å². The molecule has 0 spiro atoms. The van der Waals surface area contributed by atoms with E-state index in [1.54, 1.807) is 0 Å². The lowest BCUT2D eigenvalue weighted by atomic mass is 10.1. The molecule has 0 aliphatic carbocycles. The predicted octanol–water partition coefficient (Wildman–Crippen LogP) is 3.56. The van der Waals surface area contributed by atoms with E-state index in [0.29, 0.717) is 6.04 Å². The van der Waals surface area contributed by atoms with Crippen LogP contribution in [0.1, 0.15) is 36.8 Å². The SMILES string of the molecule is CCN(Cc1cccc(C)n1)C(C)c1ccc(N)cc1. The summed E-state index contributed by atoms with van der Waals surface area (Å²) in [4.78, 5) is 7.00. The van der Waals surface area contributed by atoms with Gasteiger partial charge in [0.1, 0.15) is 0 Å². The molecule has 0 radical (unpaired) electrons. The monoisotopic (exact) mass is 269 g/mol. The number of anilines is 1. The molecule has 2 N–H and O–H groups in total. The van der Waals surface area contributed by atoms with Gasteiger partial charge in [0, 0.05) is 24.0 Å². The zero-order chi connectivity index (χ0) is 14.5. The molecular weight excluding hydrogens is 246 g/mol. The van der Waals surface area contributed by atoms with Crippen LogP contribution in [0.25, 0.3) is 0 Å². The zero-order valence-corrected chi connectivity index (χ0v) is 12.5. The molecule has 1 aromatic carbocycles. The Bertz CT molecular complexity index is 548. The first-order chi connectivity index (χ1) is 9.60. The van der Waals surface area contributed by atoms with Crippen molar-refractivity contribution in [1.82, 2.24) is 9.88 Å². The van der Waals surface area contributed by atoms with Gasteiger partial charge in [0.2, 0.25) is 0 Å². The summed E-state index contributed by atoms with van der Waals surface area (Å²) in [7, 11) is 0. The largest absolute Gasteiger partial charge is 0.399 e. The van der Waals surface area contributed by atoms with Gasteiger partial charge in [-0.05, 0) is 50.2 Å². The molecule has 3 heteroatoms. The van der Waals surface area contributed by atoms with Crippen molar-refractivity contribution >= 4 is 5.69 Å². The van der Waals surface area contributed by atoms with Crippen molar-refractivity contribution in [2.45, 2.75) is 33.4 Å². The molecule has 2 rings (SSSR count). The minimum Gasteiger partial charge on any atom is -0.399 e. The van der Waals surface area contributed by atoms with Crippen molar-refractivity contribution < 1.29 is 0 Å². The van der Waals surface area contributed by atoms with Gasteiger partial charge in [-0.25, -0.2) is 0 Å². The van der Waals surface area contributed by atoms with E-state index in [2.05, 4.69) is 48.0 Å². The number of hydrogen-bond acceptors (Lipinski definition) is 3. The summed E-state index contributed by atoms with van der Waals surface area (Å²) in [6, 6.07) is 14.7. The quantitative estimate of drug-likeness (QED) is 0.844.